The summed E-state index contributed by atoms with van der Waals surface area (Å²) in [5.74, 6) is 1.27. The molecule has 0 saturated heterocycles. The number of aryl methyl sites for hydroxylation is 1. The Bertz CT molecular complexity index is 1200. The van der Waals surface area contributed by atoms with E-state index in [-0.39, 0.29) is 5.91 Å². The molecule has 4 aromatic rings. The summed E-state index contributed by atoms with van der Waals surface area (Å²) in [5.41, 5.74) is 4.82. The van der Waals surface area contributed by atoms with Gasteiger partial charge in [-0.3, -0.25) is 9.78 Å². The highest BCUT2D eigenvalue weighted by Gasteiger charge is 2.22. The molecule has 0 atom stereocenters. The smallest absolute Gasteiger partial charge is 0.230 e. The van der Waals surface area contributed by atoms with Gasteiger partial charge in [0.15, 0.2) is 5.65 Å². The van der Waals surface area contributed by atoms with Crippen molar-refractivity contribution in [1.29, 1.82) is 0 Å². The molecule has 5 rings (SSSR count). The zero-order valence-corrected chi connectivity index (χ0v) is 14.5. The number of hydrogen-bond acceptors (Lipinski definition) is 6. The van der Waals surface area contributed by atoms with E-state index in [0.29, 0.717) is 17.9 Å². The number of pyridine rings is 2. The molecule has 0 aliphatic carbocycles. The van der Waals surface area contributed by atoms with Crippen molar-refractivity contribution in [3.63, 3.8) is 0 Å². The second-order valence-corrected chi connectivity index (χ2v) is 6.33. The molecule has 0 aromatic carbocycles. The van der Waals surface area contributed by atoms with Gasteiger partial charge in [-0.05, 0) is 25.1 Å². The van der Waals surface area contributed by atoms with Crippen molar-refractivity contribution >= 4 is 28.9 Å². The molecule has 0 bridgehead atoms. The van der Waals surface area contributed by atoms with Crippen LogP contribution in [0.1, 0.15) is 11.3 Å². The summed E-state index contributed by atoms with van der Waals surface area (Å²) in [5, 5.41) is 10.5. The topological polar surface area (TPSA) is 97.1 Å². The van der Waals surface area contributed by atoms with Crippen LogP contribution in [0, 0.1) is 6.92 Å². The molecule has 1 amide bonds. The molecule has 5 heterocycles. The Morgan fingerprint density at radius 3 is 2.93 bits per heavy atom. The lowest BCUT2D eigenvalue weighted by molar-refractivity contribution is -0.115. The first-order valence-electron chi connectivity index (χ1n) is 8.51. The SMILES string of the molecule is Cc1cccc(-c2cc(Nc3ccnc4c3CC(=O)N4)n3nccc3n2)n1. The highest BCUT2D eigenvalue weighted by Crippen LogP contribution is 2.31. The molecule has 2 N–H and O–H groups in total. The number of fused-ring (bicyclic) bond motifs is 2. The normalized spacial score (nSPS) is 12.9. The van der Waals surface area contributed by atoms with Gasteiger partial charge in [-0.15, -0.1) is 0 Å². The van der Waals surface area contributed by atoms with Gasteiger partial charge in [0.1, 0.15) is 11.6 Å². The fourth-order valence-electron chi connectivity index (χ4n) is 3.19. The third kappa shape index (κ3) is 2.67. The molecule has 0 radical (unpaired) electrons. The van der Waals surface area contributed by atoms with E-state index in [1.165, 1.54) is 0 Å². The van der Waals surface area contributed by atoms with Crippen LogP contribution in [-0.2, 0) is 11.2 Å². The molecule has 0 unspecified atom stereocenters. The number of amides is 1. The Hall–Kier alpha value is -3.81. The standard InChI is InChI=1S/C19H15N7O/c1-11-3-2-4-14(22-11)15-10-17(26-16(24-15)6-8-21-26)23-13-5-7-20-19-12(13)9-18(27)25-19/h2-8,10H,9H2,1H3,(H2,20,23,25,27). The Labute approximate surface area is 154 Å². The molecule has 0 saturated carbocycles. The van der Waals surface area contributed by atoms with E-state index in [9.17, 15) is 4.79 Å². The third-order valence-electron chi connectivity index (χ3n) is 4.42. The monoisotopic (exact) mass is 357 g/mol. The second-order valence-electron chi connectivity index (χ2n) is 6.33. The number of aromatic nitrogens is 5. The summed E-state index contributed by atoms with van der Waals surface area (Å²) in [6.45, 7) is 1.95. The summed E-state index contributed by atoms with van der Waals surface area (Å²) in [7, 11) is 0. The van der Waals surface area contributed by atoms with Crippen LogP contribution in [0.3, 0.4) is 0 Å². The lowest BCUT2D eigenvalue weighted by Crippen LogP contribution is -2.05. The number of carbonyl (C=O) groups excluding carboxylic acids is 1. The Balaban J connectivity index is 1.63. The van der Waals surface area contributed by atoms with Gasteiger partial charge >= 0.3 is 0 Å². The summed E-state index contributed by atoms with van der Waals surface area (Å²) in [6, 6.07) is 11.4. The average molecular weight is 357 g/mol. The number of rotatable bonds is 3. The van der Waals surface area contributed by atoms with Crippen molar-refractivity contribution in [2.24, 2.45) is 0 Å². The van der Waals surface area contributed by atoms with Crippen molar-refractivity contribution in [3.05, 3.63) is 60.0 Å². The van der Waals surface area contributed by atoms with Crippen molar-refractivity contribution < 1.29 is 4.79 Å². The van der Waals surface area contributed by atoms with Crippen molar-refractivity contribution in [3.8, 4) is 11.4 Å². The van der Waals surface area contributed by atoms with Crippen LogP contribution in [-0.4, -0.2) is 30.5 Å². The van der Waals surface area contributed by atoms with E-state index in [4.69, 9.17) is 0 Å². The van der Waals surface area contributed by atoms with E-state index < -0.39 is 0 Å². The molecule has 8 nitrogen and oxygen atoms in total. The van der Waals surface area contributed by atoms with Gasteiger partial charge in [0.25, 0.3) is 0 Å². The largest absolute Gasteiger partial charge is 0.340 e. The minimum atomic E-state index is -0.0598. The van der Waals surface area contributed by atoms with Crippen LogP contribution in [0.15, 0.2) is 48.8 Å². The number of carbonyl (C=O) groups is 1. The molecule has 8 heteroatoms. The van der Waals surface area contributed by atoms with Crippen molar-refractivity contribution in [2.75, 3.05) is 10.6 Å². The van der Waals surface area contributed by atoms with Crippen LogP contribution in [0.5, 0.6) is 0 Å². The Kier molecular flexibility index (Phi) is 3.36. The summed E-state index contributed by atoms with van der Waals surface area (Å²) in [6.07, 6.45) is 3.66. The van der Waals surface area contributed by atoms with Crippen molar-refractivity contribution in [2.45, 2.75) is 13.3 Å². The molecule has 1 aliphatic rings. The molecule has 27 heavy (non-hydrogen) atoms. The number of nitrogens with zero attached hydrogens (tertiary/aromatic N) is 5. The number of anilines is 3. The molecular formula is C19H15N7O. The minimum absolute atomic E-state index is 0.0598. The first-order chi connectivity index (χ1) is 13.2. The maximum atomic E-state index is 11.7. The fourth-order valence-corrected chi connectivity index (χ4v) is 3.19. The highest BCUT2D eigenvalue weighted by molar-refractivity contribution is 6.00. The Morgan fingerprint density at radius 2 is 2.04 bits per heavy atom. The lowest BCUT2D eigenvalue weighted by Gasteiger charge is -2.12. The zero-order valence-electron chi connectivity index (χ0n) is 14.5. The van der Waals surface area contributed by atoms with E-state index in [1.54, 1.807) is 16.9 Å². The summed E-state index contributed by atoms with van der Waals surface area (Å²) >= 11 is 0. The van der Waals surface area contributed by atoms with Gasteiger partial charge in [-0.1, -0.05) is 6.07 Å². The van der Waals surface area contributed by atoms with E-state index in [2.05, 4.69) is 30.7 Å². The molecule has 4 aromatic heterocycles. The van der Waals surface area contributed by atoms with Crippen LogP contribution in [0.25, 0.3) is 17.0 Å². The fraction of sp³-hybridized carbons (Fsp3) is 0.105. The third-order valence-corrected chi connectivity index (χ3v) is 4.42. The molecular weight excluding hydrogens is 342 g/mol. The van der Waals surface area contributed by atoms with Gasteiger partial charge in [0, 0.05) is 35.3 Å². The maximum absolute atomic E-state index is 11.7. The number of hydrogen-bond donors (Lipinski definition) is 2. The van der Waals surface area contributed by atoms with Gasteiger partial charge in [0.2, 0.25) is 5.91 Å². The summed E-state index contributed by atoms with van der Waals surface area (Å²) in [4.78, 5) is 25.2. The van der Waals surface area contributed by atoms with Crippen LogP contribution < -0.4 is 10.6 Å². The van der Waals surface area contributed by atoms with Crippen molar-refractivity contribution in [1.82, 2.24) is 24.6 Å². The lowest BCUT2D eigenvalue weighted by atomic mass is 10.2. The summed E-state index contributed by atoms with van der Waals surface area (Å²) < 4.78 is 1.72. The molecule has 1 aliphatic heterocycles. The van der Waals surface area contributed by atoms with E-state index in [1.807, 2.05) is 43.3 Å². The predicted molar refractivity (Wildman–Crippen MR) is 101 cm³/mol. The Morgan fingerprint density at radius 1 is 1.11 bits per heavy atom. The molecule has 0 fully saturated rings. The minimum Gasteiger partial charge on any atom is -0.340 e. The molecule has 0 spiro atoms. The quantitative estimate of drug-likeness (QED) is 0.585. The van der Waals surface area contributed by atoms with Gasteiger partial charge in [0.05, 0.1) is 24.0 Å². The second kappa shape index (κ2) is 5.87. The van der Waals surface area contributed by atoms with Crippen LogP contribution >= 0.6 is 0 Å². The van der Waals surface area contributed by atoms with Crippen LogP contribution in [0.2, 0.25) is 0 Å². The maximum Gasteiger partial charge on any atom is 0.230 e. The highest BCUT2D eigenvalue weighted by atomic mass is 16.1. The van der Waals surface area contributed by atoms with Crippen LogP contribution in [0.4, 0.5) is 17.3 Å². The van der Waals surface area contributed by atoms with E-state index >= 15 is 0 Å². The predicted octanol–water partition coefficient (Wildman–Crippen LogP) is 2.73. The van der Waals surface area contributed by atoms with Gasteiger partial charge < -0.3 is 10.6 Å². The first-order valence-corrected chi connectivity index (χ1v) is 8.51. The zero-order chi connectivity index (χ0) is 18.4. The first kappa shape index (κ1) is 15.4. The molecule has 132 valence electrons. The van der Waals surface area contributed by atoms with Gasteiger partial charge in [-0.25, -0.2) is 9.97 Å². The van der Waals surface area contributed by atoms with E-state index in [0.717, 1.165) is 34.2 Å². The number of nitrogens with one attached hydrogen (secondary N) is 2. The van der Waals surface area contributed by atoms with Gasteiger partial charge in [-0.2, -0.15) is 9.61 Å². The average Bonchev–Trinajstić information content (AvgIpc) is 3.27.